The van der Waals surface area contributed by atoms with Crippen LogP contribution in [0.1, 0.15) is 86.5 Å². The molecule has 0 bridgehead atoms. The van der Waals surface area contributed by atoms with Crippen LogP contribution in [0.15, 0.2) is 12.3 Å². The number of aliphatic hydroxyl groups excluding tert-OH is 2. The average molecular weight is 667 g/mol. The van der Waals surface area contributed by atoms with Crippen molar-refractivity contribution in [1.29, 1.82) is 0 Å². The predicted molar refractivity (Wildman–Crippen MR) is 162 cm³/mol. The summed E-state index contributed by atoms with van der Waals surface area (Å²) >= 11 is 0. The van der Waals surface area contributed by atoms with Crippen molar-refractivity contribution in [3.05, 3.63) is 12.3 Å². The lowest BCUT2D eigenvalue weighted by Gasteiger charge is -2.64. The molecular formula is C34H50O13. The number of epoxide rings is 1. The van der Waals surface area contributed by atoms with E-state index in [2.05, 4.69) is 13.8 Å². The molecule has 0 aromatic rings. The number of hydrogen-bond donors (Lipinski definition) is 2. The Bertz CT molecular complexity index is 1230. The first-order valence-corrected chi connectivity index (χ1v) is 16.8. The molecular weight excluding hydrogens is 616 g/mol. The second-order valence-corrected chi connectivity index (χ2v) is 14.7. The van der Waals surface area contributed by atoms with Crippen molar-refractivity contribution in [3.8, 4) is 0 Å². The van der Waals surface area contributed by atoms with Crippen LogP contribution in [0.3, 0.4) is 0 Å². The summed E-state index contributed by atoms with van der Waals surface area (Å²) in [6.45, 7) is 10.4. The van der Waals surface area contributed by atoms with Gasteiger partial charge in [0.1, 0.15) is 30.5 Å². The first-order valence-electron chi connectivity index (χ1n) is 16.8. The van der Waals surface area contributed by atoms with E-state index in [0.717, 1.165) is 6.42 Å². The van der Waals surface area contributed by atoms with E-state index in [1.165, 1.54) is 20.8 Å². The summed E-state index contributed by atoms with van der Waals surface area (Å²) in [7, 11) is 0. The maximum Gasteiger partial charge on any atom is 0.309 e. The Kier molecular flexibility index (Phi) is 10.3. The van der Waals surface area contributed by atoms with E-state index in [1.54, 1.807) is 13.2 Å². The zero-order valence-corrected chi connectivity index (χ0v) is 28.2. The number of rotatable bonds is 12. The molecule has 47 heavy (non-hydrogen) atoms. The summed E-state index contributed by atoms with van der Waals surface area (Å²) in [5.41, 5.74) is -2.33. The highest BCUT2D eigenvalue weighted by Gasteiger charge is 2.77. The molecule has 5 aliphatic rings. The molecule has 0 amide bonds. The van der Waals surface area contributed by atoms with Gasteiger partial charge in [0.2, 0.25) is 6.29 Å². The van der Waals surface area contributed by atoms with E-state index in [4.69, 9.17) is 33.2 Å². The number of fused-ring (bicyclic) bond motifs is 3. The molecule has 4 fully saturated rings. The van der Waals surface area contributed by atoms with Crippen LogP contribution in [0.25, 0.3) is 0 Å². The molecule has 0 aromatic heterocycles. The van der Waals surface area contributed by atoms with Gasteiger partial charge in [-0.25, -0.2) is 0 Å². The van der Waals surface area contributed by atoms with Gasteiger partial charge in [-0.15, -0.1) is 0 Å². The Labute approximate surface area is 275 Å². The Morgan fingerprint density at radius 2 is 1.62 bits per heavy atom. The van der Waals surface area contributed by atoms with Gasteiger partial charge in [0, 0.05) is 24.7 Å². The van der Waals surface area contributed by atoms with Gasteiger partial charge in [-0.2, -0.15) is 0 Å². The molecule has 264 valence electrons. The van der Waals surface area contributed by atoms with Crippen LogP contribution >= 0.6 is 0 Å². The van der Waals surface area contributed by atoms with Gasteiger partial charge >= 0.3 is 23.9 Å². The maximum atomic E-state index is 13.3. The summed E-state index contributed by atoms with van der Waals surface area (Å²) in [6.07, 6.45) is 0.624. The fourth-order valence-electron chi connectivity index (χ4n) is 8.80. The molecule has 3 heterocycles. The Hall–Kier alpha value is -2.74. The van der Waals surface area contributed by atoms with E-state index in [9.17, 15) is 29.4 Å². The summed E-state index contributed by atoms with van der Waals surface area (Å²) in [5.74, 6) is -2.51. The lowest BCUT2D eigenvalue weighted by molar-refractivity contribution is -0.263. The van der Waals surface area contributed by atoms with E-state index < -0.39 is 70.8 Å². The quantitative estimate of drug-likeness (QED) is 0.177. The first-order chi connectivity index (χ1) is 22.1. The standard InChI is InChI=1S/C34H50O13/c1-18-9-27(46-22(5)36)34(17-42-28(38)11-20(3)45-30(40)12-21(4)44-29(39)10-19(2)35)25(14-24(37)15-33(34)16-43-33)32(18,6)26-13-23-7-8-41-31(23)47-26/h7-8,18-21,23-27,31,35,37H,9-17H2,1-6H3/t18-,19+,20+,21+,23-,24-,25-,26+,27+,31+,32+,33+,34+/m1/s1. The number of aliphatic hydroxyl groups is 2. The third-order valence-electron chi connectivity index (χ3n) is 11.2. The van der Waals surface area contributed by atoms with Gasteiger partial charge in [-0.05, 0) is 57.9 Å². The van der Waals surface area contributed by atoms with Crippen molar-refractivity contribution in [3.63, 3.8) is 0 Å². The highest BCUT2D eigenvalue weighted by molar-refractivity contribution is 5.74. The van der Waals surface area contributed by atoms with Gasteiger partial charge in [-0.3, -0.25) is 19.2 Å². The highest BCUT2D eigenvalue weighted by atomic mass is 16.7. The number of carbonyl (C=O) groups excluding carboxylic acids is 4. The van der Waals surface area contributed by atoms with Gasteiger partial charge in [-0.1, -0.05) is 13.8 Å². The average Bonchev–Trinajstić information content (AvgIpc) is 3.37. The molecule has 0 aromatic carbocycles. The molecule has 13 heteroatoms. The fraction of sp³-hybridized carbons (Fsp3) is 0.824. The zero-order chi connectivity index (χ0) is 34.3. The van der Waals surface area contributed by atoms with Crippen LogP contribution in [-0.2, 0) is 52.3 Å². The van der Waals surface area contributed by atoms with Crippen molar-refractivity contribution >= 4 is 23.9 Å². The maximum absolute atomic E-state index is 13.3. The summed E-state index contributed by atoms with van der Waals surface area (Å²) in [4.78, 5) is 50.1. The van der Waals surface area contributed by atoms with Crippen LogP contribution in [0.2, 0.25) is 0 Å². The molecule has 0 radical (unpaired) electrons. The fourth-order valence-corrected chi connectivity index (χ4v) is 8.80. The Balaban J connectivity index is 1.31. The molecule has 2 saturated carbocycles. The molecule has 0 unspecified atom stereocenters. The third-order valence-corrected chi connectivity index (χ3v) is 11.2. The van der Waals surface area contributed by atoms with Crippen LogP contribution < -0.4 is 0 Å². The molecule has 2 saturated heterocycles. The predicted octanol–water partition coefficient (Wildman–Crippen LogP) is 2.72. The minimum atomic E-state index is -0.960. The van der Waals surface area contributed by atoms with E-state index in [-0.39, 0.29) is 56.0 Å². The first kappa shape index (κ1) is 35.6. The van der Waals surface area contributed by atoms with E-state index in [0.29, 0.717) is 25.9 Å². The van der Waals surface area contributed by atoms with Crippen LogP contribution in [0, 0.1) is 28.6 Å². The molecule has 5 rings (SSSR count). The second kappa shape index (κ2) is 13.6. The minimum Gasteiger partial charge on any atom is -0.472 e. The number of hydrogen-bond acceptors (Lipinski definition) is 13. The highest BCUT2D eigenvalue weighted by Crippen LogP contribution is 2.70. The Morgan fingerprint density at radius 3 is 2.21 bits per heavy atom. The number of esters is 4. The molecule has 13 atom stereocenters. The van der Waals surface area contributed by atoms with Gasteiger partial charge < -0.3 is 43.4 Å². The summed E-state index contributed by atoms with van der Waals surface area (Å²) in [6, 6.07) is 0. The SMILES string of the molecule is CC(=O)O[C@H]1C[C@@H](C)[C@](C)([C@@H]2C[C@H]3C=CO[C@H]3O2)[C@H]2C[C@@H](O)C[C@]3(CO3)[C@]12COC(=O)C[C@H](C)OC(=O)C[C@H](C)OC(=O)C[C@H](C)O. The third kappa shape index (κ3) is 7.04. The van der Waals surface area contributed by atoms with Gasteiger partial charge in [0.15, 0.2) is 0 Å². The van der Waals surface area contributed by atoms with Crippen LogP contribution in [0.4, 0.5) is 0 Å². The minimum absolute atomic E-state index is 0.0164. The molecule has 13 nitrogen and oxygen atoms in total. The largest absolute Gasteiger partial charge is 0.472 e. The van der Waals surface area contributed by atoms with Crippen molar-refractivity contribution in [2.24, 2.45) is 28.6 Å². The molecule has 2 N–H and O–H groups in total. The lowest BCUT2D eigenvalue weighted by Crippen LogP contribution is -2.70. The van der Waals surface area contributed by atoms with Crippen LogP contribution in [0.5, 0.6) is 0 Å². The van der Waals surface area contributed by atoms with Gasteiger partial charge in [0.05, 0.1) is 55.9 Å². The van der Waals surface area contributed by atoms with E-state index >= 15 is 0 Å². The molecule has 2 aliphatic carbocycles. The summed E-state index contributed by atoms with van der Waals surface area (Å²) < 4.78 is 40.9. The number of ether oxygens (including phenoxy) is 7. The van der Waals surface area contributed by atoms with Gasteiger partial charge in [0.25, 0.3) is 0 Å². The zero-order valence-electron chi connectivity index (χ0n) is 28.2. The normalized spacial score (nSPS) is 40.3. The van der Waals surface area contributed by atoms with Crippen molar-refractivity contribution in [2.75, 3.05) is 13.2 Å². The van der Waals surface area contributed by atoms with Crippen molar-refractivity contribution < 1.29 is 62.5 Å². The second-order valence-electron chi connectivity index (χ2n) is 14.7. The topological polar surface area (TPSA) is 177 Å². The lowest BCUT2D eigenvalue weighted by atomic mass is 9.42. The smallest absolute Gasteiger partial charge is 0.309 e. The number of carbonyl (C=O) groups is 4. The van der Waals surface area contributed by atoms with Crippen molar-refractivity contribution in [1.82, 2.24) is 0 Å². The molecule has 3 aliphatic heterocycles. The Morgan fingerprint density at radius 1 is 0.979 bits per heavy atom. The monoisotopic (exact) mass is 666 g/mol. The van der Waals surface area contributed by atoms with Crippen LogP contribution in [-0.4, -0.2) is 95.8 Å². The summed E-state index contributed by atoms with van der Waals surface area (Å²) in [5, 5.41) is 20.5. The van der Waals surface area contributed by atoms with E-state index in [1.807, 2.05) is 6.08 Å². The molecule has 1 spiro atoms. The van der Waals surface area contributed by atoms with Crippen molar-refractivity contribution in [2.45, 2.75) is 135 Å².